The van der Waals surface area contributed by atoms with E-state index in [2.05, 4.69) is 48.0 Å². The molecule has 0 nitrogen and oxygen atoms in total. The summed E-state index contributed by atoms with van der Waals surface area (Å²) in [5, 5.41) is 0. The minimum atomic E-state index is 0.579. The van der Waals surface area contributed by atoms with Crippen molar-refractivity contribution >= 4 is 15.9 Å². The Bertz CT molecular complexity index is 132. The first kappa shape index (κ1) is 9.96. The van der Waals surface area contributed by atoms with E-state index in [1.165, 1.54) is 5.57 Å². The van der Waals surface area contributed by atoms with Crippen LogP contribution in [0.3, 0.4) is 0 Å². The zero-order valence-corrected chi connectivity index (χ0v) is 8.48. The van der Waals surface area contributed by atoms with Gasteiger partial charge in [-0.1, -0.05) is 46.7 Å². The quantitative estimate of drug-likeness (QED) is 0.484. The lowest BCUT2D eigenvalue weighted by Crippen LogP contribution is -1.90. The highest BCUT2D eigenvalue weighted by Gasteiger charge is 1.96. The van der Waals surface area contributed by atoms with Crippen LogP contribution < -0.4 is 0 Å². The molecule has 10 heavy (non-hydrogen) atoms. The van der Waals surface area contributed by atoms with Crippen LogP contribution in [0.25, 0.3) is 0 Å². The molecule has 0 amide bonds. The summed E-state index contributed by atoms with van der Waals surface area (Å²) >= 11 is 3.51. The zero-order chi connectivity index (χ0) is 7.98. The van der Waals surface area contributed by atoms with Gasteiger partial charge in [0.2, 0.25) is 0 Å². The number of hydrogen-bond donors (Lipinski definition) is 0. The summed E-state index contributed by atoms with van der Waals surface area (Å²) in [7, 11) is 0. The Kier molecular flexibility index (Phi) is 5.70. The molecule has 0 aromatic carbocycles. The monoisotopic (exact) mass is 202 g/mol. The van der Waals surface area contributed by atoms with Gasteiger partial charge >= 0.3 is 0 Å². The van der Waals surface area contributed by atoms with Crippen LogP contribution in [0.1, 0.15) is 27.2 Å². The Morgan fingerprint density at radius 2 is 2.10 bits per heavy atom. The van der Waals surface area contributed by atoms with E-state index in [-0.39, 0.29) is 0 Å². The van der Waals surface area contributed by atoms with Crippen molar-refractivity contribution < 1.29 is 0 Å². The van der Waals surface area contributed by atoms with Crippen molar-refractivity contribution in [3.63, 3.8) is 0 Å². The van der Waals surface area contributed by atoms with Crippen LogP contribution in [-0.2, 0) is 0 Å². The Morgan fingerprint density at radius 1 is 1.50 bits per heavy atom. The minimum absolute atomic E-state index is 0.579. The highest BCUT2D eigenvalue weighted by molar-refractivity contribution is 9.09. The third kappa shape index (κ3) is 4.80. The maximum absolute atomic E-state index is 3.51. The summed E-state index contributed by atoms with van der Waals surface area (Å²) in [6, 6.07) is 0. The first-order valence-electron chi connectivity index (χ1n) is 3.62. The van der Waals surface area contributed by atoms with Gasteiger partial charge in [-0.3, -0.25) is 0 Å². The van der Waals surface area contributed by atoms with E-state index in [1.807, 2.05) is 6.92 Å². The molecule has 58 valence electrons. The molecule has 1 heteroatoms. The van der Waals surface area contributed by atoms with Crippen LogP contribution in [0.2, 0.25) is 0 Å². The number of hydrogen-bond acceptors (Lipinski definition) is 0. The molecule has 0 radical (unpaired) electrons. The molecule has 0 N–H and O–H groups in total. The first-order valence-corrected chi connectivity index (χ1v) is 4.54. The molecular weight excluding hydrogens is 188 g/mol. The van der Waals surface area contributed by atoms with Crippen molar-refractivity contribution in [2.24, 2.45) is 0 Å². The second-order valence-corrected chi connectivity index (χ2v) is 3.91. The second-order valence-electron chi connectivity index (χ2n) is 2.35. The molecule has 0 bridgehead atoms. The van der Waals surface area contributed by atoms with Crippen LogP contribution >= 0.6 is 15.9 Å². The van der Waals surface area contributed by atoms with Gasteiger partial charge in [-0.05, 0) is 20.3 Å². The summed E-state index contributed by atoms with van der Waals surface area (Å²) in [5.74, 6) is 0. The second kappa shape index (κ2) is 5.72. The normalized spacial score (nSPS) is 16.2. The molecule has 0 spiro atoms. The molecular formula is C9H15Br. The standard InChI is InChI=1S/C9H15Br/c1-4-6-9(5-2)7-8(3)10/h4-6,8H,7H2,1-3H3/b6-4-,9-5+. The van der Waals surface area contributed by atoms with Gasteiger partial charge in [0.15, 0.2) is 0 Å². The van der Waals surface area contributed by atoms with E-state index < -0.39 is 0 Å². The lowest BCUT2D eigenvalue weighted by atomic mass is 10.1. The Labute approximate surface area is 72.1 Å². The van der Waals surface area contributed by atoms with Gasteiger partial charge in [0.05, 0.1) is 0 Å². The van der Waals surface area contributed by atoms with Gasteiger partial charge in [0.25, 0.3) is 0 Å². The minimum Gasteiger partial charge on any atom is -0.0890 e. The SMILES string of the molecule is C/C=C\C(=C/C)CC(C)Br. The molecule has 0 aliphatic rings. The molecule has 0 aliphatic carbocycles. The topological polar surface area (TPSA) is 0 Å². The fraction of sp³-hybridized carbons (Fsp3) is 0.556. The Balaban J connectivity index is 3.86. The van der Waals surface area contributed by atoms with Gasteiger partial charge in [-0.2, -0.15) is 0 Å². The van der Waals surface area contributed by atoms with Crippen LogP contribution in [0.4, 0.5) is 0 Å². The summed E-state index contributed by atoms with van der Waals surface area (Å²) in [6.45, 7) is 6.28. The number of rotatable bonds is 3. The summed E-state index contributed by atoms with van der Waals surface area (Å²) < 4.78 is 0. The molecule has 1 unspecified atom stereocenters. The maximum Gasteiger partial charge on any atom is 0.0157 e. The largest absolute Gasteiger partial charge is 0.0890 e. The summed E-state index contributed by atoms with van der Waals surface area (Å²) in [6.07, 6.45) is 7.49. The third-order valence-corrected chi connectivity index (χ3v) is 1.59. The molecule has 0 aliphatic heterocycles. The van der Waals surface area contributed by atoms with E-state index in [0.29, 0.717) is 4.83 Å². The molecule has 1 atom stereocenters. The average Bonchev–Trinajstić information content (AvgIpc) is 1.86. The van der Waals surface area contributed by atoms with Crippen LogP contribution in [0, 0.1) is 0 Å². The molecule has 0 aromatic rings. The predicted octanol–water partition coefficient (Wildman–Crippen LogP) is 3.68. The molecule has 0 heterocycles. The van der Waals surface area contributed by atoms with Crippen molar-refractivity contribution in [1.29, 1.82) is 0 Å². The highest BCUT2D eigenvalue weighted by atomic mass is 79.9. The van der Waals surface area contributed by atoms with E-state index in [9.17, 15) is 0 Å². The molecule has 0 rings (SSSR count). The number of halogens is 1. The van der Waals surface area contributed by atoms with E-state index in [1.54, 1.807) is 0 Å². The van der Waals surface area contributed by atoms with Crippen molar-refractivity contribution in [1.82, 2.24) is 0 Å². The molecule has 0 saturated heterocycles. The van der Waals surface area contributed by atoms with Gasteiger partial charge in [-0.15, -0.1) is 0 Å². The fourth-order valence-electron chi connectivity index (χ4n) is 0.821. The van der Waals surface area contributed by atoms with Crippen LogP contribution in [0.15, 0.2) is 23.8 Å². The lowest BCUT2D eigenvalue weighted by molar-refractivity contribution is 0.961. The van der Waals surface area contributed by atoms with Crippen molar-refractivity contribution in [2.75, 3.05) is 0 Å². The Morgan fingerprint density at radius 3 is 2.40 bits per heavy atom. The lowest BCUT2D eigenvalue weighted by Gasteiger charge is -2.02. The number of alkyl halides is 1. The highest BCUT2D eigenvalue weighted by Crippen LogP contribution is 2.12. The third-order valence-electron chi connectivity index (χ3n) is 1.27. The molecule has 0 aromatic heterocycles. The smallest absolute Gasteiger partial charge is 0.0157 e. The van der Waals surface area contributed by atoms with Crippen molar-refractivity contribution in [3.05, 3.63) is 23.8 Å². The van der Waals surface area contributed by atoms with E-state index in [0.717, 1.165) is 6.42 Å². The van der Waals surface area contributed by atoms with Gasteiger partial charge in [0, 0.05) is 4.83 Å². The van der Waals surface area contributed by atoms with E-state index >= 15 is 0 Å². The molecule has 0 fully saturated rings. The average molecular weight is 203 g/mol. The summed E-state index contributed by atoms with van der Waals surface area (Å²) in [5.41, 5.74) is 1.40. The van der Waals surface area contributed by atoms with Crippen LogP contribution in [0.5, 0.6) is 0 Å². The van der Waals surface area contributed by atoms with Crippen LogP contribution in [-0.4, -0.2) is 4.83 Å². The fourth-order valence-corrected chi connectivity index (χ4v) is 1.19. The maximum atomic E-state index is 3.51. The van der Waals surface area contributed by atoms with Gasteiger partial charge in [-0.25, -0.2) is 0 Å². The Hall–Kier alpha value is -0.0400. The zero-order valence-electron chi connectivity index (χ0n) is 6.89. The van der Waals surface area contributed by atoms with E-state index in [4.69, 9.17) is 0 Å². The van der Waals surface area contributed by atoms with Crippen molar-refractivity contribution in [2.45, 2.75) is 32.0 Å². The van der Waals surface area contributed by atoms with Crippen molar-refractivity contribution in [3.8, 4) is 0 Å². The molecule has 0 saturated carbocycles. The van der Waals surface area contributed by atoms with Gasteiger partial charge in [0.1, 0.15) is 0 Å². The summed E-state index contributed by atoms with van der Waals surface area (Å²) in [4.78, 5) is 0.579. The number of allylic oxidation sites excluding steroid dienone is 4. The van der Waals surface area contributed by atoms with Gasteiger partial charge < -0.3 is 0 Å². The first-order chi connectivity index (χ1) is 4.70. The predicted molar refractivity (Wildman–Crippen MR) is 51.6 cm³/mol.